The maximum atomic E-state index is 12.2. The van der Waals surface area contributed by atoms with E-state index in [0.717, 1.165) is 26.9 Å². The summed E-state index contributed by atoms with van der Waals surface area (Å²) in [5, 5.41) is 12.3. The normalized spacial score (nSPS) is 10.5. The number of hydrogen-bond donors (Lipinski definition) is 3. The number of hydrogen-bond acceptors (Lipinski definition) is 3. The Morgan fingerprint density at radius 1 is 1.07 bits per heavy atom. The number of anilines is 1. The largest absolute Gasteiger partial charge is 0.343 e. The third-order valence-corrected chi connectivity index (χ3v) is 4.88. The topological polar surface area (TPSA) is 86.9 Å². The third kappa shape index (κ3) is 4.62. The highest BCUT2D eigenvalue weighted by molar-refractivity contribution is 9.10. The van der Waals surface area contributed by atoms with Gasteiger partial charge in [-0.25, -0.2) is 0 Å². The van der Waals surface area contributed by atoms with Gasteiger partial charge in [-0.1, -0.05) is 40.2 Å². The first-order chi connectivity index (χ1) is 12.9. The number of nitrogens with zero attached hydrogens (tertiary/aromatic N) is 1. The Bertz CT molecular complexity index is 997. The van der Waals surface area contributed by atoms with E-state index in [2.05, 4.69) is 36.8 Å². The van der Waals surface area contributed by atoms with E-state index in [9.17, 15) is 9.59 Å². The quantitative estimate of drug-likeness (QED) is 0.579. The van der Waals surface area contributed by atoms with Gasteiger partial charge in [0.05, 0.1) is 12.2 Å². The molecule has 27 heavy (non-hydrogen) atoms. The van der Waals surface area contributed by atoms with Gasteiger partial charge in [0.25, 0.3) is 5.91 Å². The van der Waals surface area contributed by atoms with Gasteiger partial charge in [0.15, 0.2) is 5.82 Å². The lowest BCUT2D eigenvalue weighted by atomic mass is 10.1. The molecule has 6 nitrogen and oxygen atoms in total. The van der Waals surface area contributed by atoms with Crippen LogP contribution in [0.3, 0.4) is 0 Å². The summed E-state index contributed by atoms with van der Waals surface area (Å²) in [6.07, 6.45) is 0. The van der Waals surface area contributed by atoms with Crippen molar-refractivity contribution >= 4 is 33.6 Å². The second-order valence-electron chi connectivity index (χ2n) is 6.18. The van der Waals surface area contributed by atoms with Crippen molar-refractivity contribution in [2.75, 3.05) is 11.9 Å². The molecule has 138 valence electrons. The lowest BCUT2D eigenvalue weighted by molar-refractivity contribution is -0.115. The Kier molecular flexibility index (Phi) is 5.71. The van der Waals surface area contributed by atoms with Crippen LogP contribution >= 0.6 is 15.9 Å². The van der Waals surface area contributed by atoms with Crippen molar-refractivity contribution in [3.05, 3.63) is 69.7 Å². The van der Waals surface area contributed by atoms with Crippen molar-refractivity contribution in [1.29, 1.82) is 0 Å². The van der Waals surface area contributed by atoms with Crippen LogP contribution < -0.4 is 10.6 Å². The van der Waals surface area contributed by atoms with E-state index in [1.54, 1.807) is 18.2 Å². The lowest BCUT2D eigenvalue weighted by Gasteiger charge is -2.07. The molecule has 1 aromatic heterocycles. The molecule has 0 spiro atoms. The number of nitrogens with one attached hydrogen (secondary N) is 3. The van der Waals surface area contributed by atoms with E-state index in [1.807, 2.05) is 44.2 Å². The minimum atomic E-state index is -0.350. The Labute approximate surface area is 165 Å². The molecule has 0 bridgehead atoms. The first kappa shape index (κ1) is 18.8. The van der Waals surface area contributed by atoms with E-state index < -0.39 is 0 Å². The smallest absolute Gasteiger partial charge is 0.251 e. The number of amides is 2. The van der Waals surface area contributed by atoms with Gasteiger partial charge in [0.2, 0.25) is 5.91 Å². The summed E-state index contributed by atoms with van der Waals surface area (Å²) >= 11 is 3.48. The highest BCUT2D eigenvalue weighted by Crippen LogP contribution is 2.27. The highest BCUT2D eigenvalue weighted by Gasteiger charge is 2.11. The molecule has 2 aromatic carbocycles. The molecule has 2 amide bonds. The van der Waals surface area contributed by atoms with Crippen LogP contribution in [0.1, 0.15) is 21.5 Å². The second-order valence-corrected chi connectivity index (χ2v) is 7.03. The lowest BCUT2D eigenvalue weighted by Crippen LogP contribution is -2.33. The fraction of sp³-hybridized carbons (Fsp3) is 0.150. The zero-order valence-corrected chi connectivity index (χ0v) is 16.6. The molecule has 3 rings (SSSR count). The van der Waals surface area contributed by atoms with Crippen molar-refractivity contribution in [3.63, 3.8) is 0 Å². The summed E-state index contributed by atoms with van der Waals surface area (Å²) in [5.41, 5.74) is 4.39. The summed E-state index contributed by atoms with van der Waals surface area (Å²) in [6.45, 7) is 3.79. The van der Waals surface area contributed by atoms with Crippen LogP contribution in [-0.4, -0.2) is 28.6 Å². The number of aromatic nitrogens is 2. The van der Waals surface area contributed by atoms with Crippen LogP contribution in [-0.2, 0) is 4.79 Å². The van der Waals surface area contributed by atoms with Crippen molar-refractivity contribution in [2.24, 2.45) is 0 Å². The van der Waals surface area contributed by atoms with E-state index in [0.29, 0.717) is 11.4 Å². The van der Waals surface area contributed by atoms with Crippen molar-refractivity contribution in [1.82, 2.24) is 15.5 Å². The molecule has 0 atom stereocenters. The Hall–Kier alpha value is -2.93. The number of carbonyl (C=O) groups is 2. The van der Waals surface area contributed by atoms with Gasteiger partial charge >= 0.3 is 0 Å². The standard InChI is InChI=1S/C20H19BrN4O2/c1-12-7-8-14(9-13(12)2)20(27)22-11-19(26)23-18-10-17(24-25-18)15-5-3-4-6-16(15)21/h3-10H,11H2,1-2H3,(H,22,27)(H2,23,24,25,26). The zero-order valence-electron chi connectivity index (χ0n) is 15.0. The third-order valence-electron chi connectivity index (χ3n) is 4.19. The van der Waals surface area contributed by atoms with Crippen molar-refractivity contribution < 1.29 is 9.59 Å². The first-order valence-corrected chi connectivity index (χ1v) is 9.19. The van der Waals surface area contributed by atoms with E-state index in [1.165, 1.54) is 0 Å². The minimum Gasteiger partial charge on any atom is -0.343 e. The maximum absolute atomic E-state index is 12.2. The van der Waals surface area contributed by atoms with Crippen LogP contribution in [0.2, 0.25) is 0 Å². The van der Waals surface area contributed by atoms with E-state index in [4.69, 9.17) is 0 Å². The van der Waals surface area contributed by atoms with Gasteiger partial charge in [0, 0.05) is 21.7 Å². The first-order valence-electron chi connectivity index (χ1n) is 8.39. The van der Waals surface area contributed by atoms with Gasteiger partial charge in [-0.2, -0.15) is 5.10 Å². The van der Waals surface area contributed by atoms with E-state index in [-0.39, 0.29) is 18.4 Å². The minimum absolute atomic E-state index is 0.136. The van der Waals surface area contributed by atoms with Crippen LogP contribution in [0.25, 0.3) is 11.3 Å². The van der Waals surface area contributed by atoms with Crippen molar-refractivity contribution in [2.45, 2.75) is 13.8 Å². The predicted molar refractivity (Wildman–Crippen MR) is 109 cm³/mol. The van der Waals surface area contributed by atoms with Gasteiger partial charge in [-0.15, -0.1) is 0 Å². The van der Waals surface area contributed by atoms with Gasteiger partial charge in [-0.05, 0) is 43.2 Å². The van der Waals surface area contributed by atoms with E-state index >= 15 is 0 Å². The highest BCUT2D eigenvalue weighted by atomic mass is 79.9. The van der Waals surface area contributed by atoms with Crippen molar-refractivity contribution in [3.8, 4) is 11.3 Å². The van der Waals surface area contributed by atoms with Crippen LogP contribution in [0.5, 0.6) is 0 Å². The average molecular weight is 427 g/mol. The number of carbonyl (C=O) groups excluding carboxylic acids is 2. The molecule has 0 radical (unpaired) electrons. The number of halogens is 1. The molecular weight excluding hydrogens is 408 g/mol. The molecule has 0 aliphatic rings. The average Bonchev–Trinajstić information content (AvgIpc) is 3.10. The summed E-state index contributed by atoms with van der Waals surface area (Å²) < 4.78 is 0.923. The molecule has 0 saturated carbocycles. The Morgan fingerprint density at radius 3 is 2.59 bits per heavy atom. The van der Waals surface area contributed by atoms with Gasteiger partial charge in [-0.3, -0.25) is 14.7 Å². The molecule has 0 aliphatic carbocycles. The molecule has 3 aromatic rings. The predicted octanol–water partition coefficient (Wildman–Crippen LogP) is 3.82. The Morgan fingerprint density at radius 2 is 1.85 bits per heavy atom. The fourth-order valence-corrected chi connectivity index (χ4v) is 3.03. The maximum Gasteiger partial charge on any atom is 0.251 e. The molecule has 0 unspecified atom stereocenters. The molecule has 1 heterocycles. The summed E-state index contributed by atoms with van der Waals surface area (Å²) in [4.78, 5) is 24.3. The molecule has 0 aliphatic heterocycles. The molecular formula is C20H19BrN4O2. The number of rotatable bonds is 5. The number of benzene rings is 2. The molecule has 0 saturated heterocycles. The molecule has 7 heteroatoms. The number of aryl methyl sites for hydroxylation is 2. The van der Waals surface area contributed by atoms with Crippen LogP contribution in [0.15, 0.2) is 53.0 Å². The van der Waals surface area contributed by atoms with Gasteiger partial charge in [0.1, 0.15) is 0 Å². The summed E-state index contributed by atoms with van der Waals surface area (Å²) in [5.74, 6) is -0.243. The SMILES string of the molecule is Cc1ccc(C(=O)NCC(=O)Nc2cc(-c3ccccc3Br)[nH]n2)cc1C. The zero-order chi connectivity index (χ0) is 19.4. The summed E-state index contributed by atoms with van der Waals surface area (Å²) in [6, 6.07) is 14.9. The molecule has 0 fully saturated rings. The Balaban J connectivity index is 1.57. The van der Waals surface area contributed by atoms with Crippen LogP contribution in [0, 0.1) is 13.8 Å². The number of aromatic amines is 1. The monoisotopic (exact) mass is 426 g/mol. The van der Waals surface area contributed by atoms with Gasteiger partial charge < -0.3 is 10.6 Å². The van der Waals surface area contributed by atoms with Crippen LogP contribution in [0.4, 0.5) is 5.82 Å². The fourth-order valence-electron chi connectivity index (χ4n) is 2.54. The molecule has 3 N–H and O–H groups in total. The number of H-pyrrole nitrogens is 1. The summed E-state index contributed by atoms with van der Waals surface area (Å²) in [7, 11) is 0. The second kappa shape index (κ2) is 8.18.